The number of fused-ring (bicyclic) bond motifs is 2. The molecule has 3 heterocycles. The fraction of sp³-hybridized carbons (Fsp3) is 0.400. The Morgan fingerprint density at radius 2 is 2.00 bits per heavy atom. The second kappa shape index (κ2) is 5.24. The Bertz CT molecular complexity index is 824. The van der Waals surface area contributed by atoms with Crippen LogP contribution in [0, 0.1) is 5.92 Å². The zero-order chi connectivity index (χ0) is 15.1. The maximum absolute atomic E-state index is 5.63. The maximum atomic E-state index is 5.63. The van der Waals surface area contributed by atoms with E-state index >= 15 is 0 Å². The average Bonchev–Trinajstić information content (AvgIpc) is 3.08. The van der Waals surface area contributed by atoms with Gasteiger partial charge in [0.2, 0.25) is 4.96 Å². The number of aromatic nitrogens is 4. The van der Waals surface area contributed by atoms with Crippen LogP contribution in [0.5, 0.6) is 11.5 Å². The molecule has 114 valence electrons. The number of nitrogens with zero attached hydrogens (tertiary/aromatic N) is 4. The van der Waals surface area contributed by atoms with Gasteiger partial charge in [-0.1, -0.05) is 25.2 Å². The van der Waals surface area contributed by atoms with Gasteiger partial charge < -0.3 is 9.47 Å². The molecule has 0 saturated heterocycles. The number of ether oxygens (including phenoxy) is 2. The fourth-order valence-electron chi connectivity index (χ4n) is 2.44. The first-order valence-corrected chi connectivity index (χ1v) is 8.13. The first-order valence-electron chi connectivity index (χ1n) is 7.32. The number of benzene rings is 1. The molecule has 0 radical (unpaired) electrons. The lowest BCUT2D eigenvalue weighted by molar-refractivity contribution is 0.171. The third kappa shape index (κ3) is 2.31. The van der Waals surface area contributed by atoms with Crippen LogP contribution in [0.25, 0.3) is 15.5 Å². The molecule has 0 fully saturated rings. The van der Waals surface area contributed by atoms with E-state index in [1.807, 2.05) is 22.7 Å². The van der Waals surface area contributed by atoms with Crippen molar-refractivity contribution in [2.75, 3.05) is 13.2 Å². The van der Waals surface area contributed by atoms with Gasteiger partial charge >= 0.3 is 0 Å². The van der Waals surface area contributed by atoms with Crippen LogP contribution in [-0.4, -0.2) is 33.0 Å². The first kappa shape index (κ1) is 13.5. The smallest absolute Gasteiger partial charge is 0.234 e. The lowest BCUT2D eigenvalue weighted by Crippen LogP contribution is -2.15. The molecule has 3 aromatic rings. The van der Waals surface area contributed by atoms with E-state index in [-0.39, 0.29) is 0 Å². The minimum absolute atomic E-state index is 0.520. The Kier molecular flexibility index (Phi) is 3.22. The monoisotopic (exact) mass is 316 g/mol. The lowest BCUT2D eigenvalue weighted by Gasteiger charge is -2.18. The molecule has 0 bridgehead atoms. The van der Waals surface area contributed by atoms with Gasteiger partial charge in [0.15, 0.2) is 17.3 Å². The van der Waals surface area contributed by atoms with Crippen LogP contribution in [0.2, 0.25) is 0 Å². The quantitative estimate of drug-likeness (QED) is 0.743. The fourth-order valence-corrected chi connectivity index (χ4v) is 3.30. The predicted octanol–water partition coefficient (Wildman–Crippen LogP) is 2.82. The maximum Gasteiger partial charge on any atom is 0.234 e. The van der Waals surface area contributed by atoms with Crippen molar-refractivity contribution < 1.29 is 9.47 Å². The van der Waals surface area contributed by atoms with Crippen LogP contribution in [0.15, 0.2) is 18.2 Å². The Hall–Kier alpha value is -2.15. The van der Waals surface area contributed by atoms with E-state index in [9.17, 15) is 0 Å². The van der Waals surface area contributed by atoms with Gasteiger partial charge in [-0.05, 0) is 24.1 Å². The summed E-state index contributed by atoms with van der Waals surface area (Å²) in [5.41, 5.74) is 1.01. The molecule has 1 aliphatic rings. The third-order valence-corrected chi connectivity index (χ3v) is 4.38. The molecule has 6 nitrogen and oxygen atoms in total. The molecule has 0 unspecified atom stereocenters. The van der Waals surface area contributed by atoms with Gasteiger partial charge in [-0.15, -0.1) is 10.2 Å². The van der Waals surface area contributed by atoms with Crippen molar-refractivity contribution in [2.24, 2.45) is 5.92 Å². The molecule has 0 saturated carbocycles. The standard InChI is InChI=1S/C15H16N4O2S/c1-9(2)7-13-16-17-15-19(13)18-14(22-15)10-3-4-11-12(8-10)21-6-5-20-11/h3-4,8-9H,5-7H2,1-2H3. The second-order valence-electron chi connectivity index (χ2n) is 5.67. The van der Waals surface area contributed by atoms with Crippen molar-refractivity contribution in [3.8, 4) is 22.1 Å². The van der Waals surface area contributed by atoms with Gasteiger partial charge in [-0.25, -0.2) is 0 Å². The second-order valence-corrected chi connectivity index (χ2v) is 6.63. The summed E-state index contributed by atoms with van der Waals surface area (Å²) in [7, 11) is 0. The van der Waals surface area contributed by atoms with Gasteiger partial charge in [0.25, 0.3) is 0 Å². The Morgan fingerprint density at radius 3 is 2.82 bits per heavy atom. The van der Waals surface area contributed by atoms with Gasteiger partial charge in [0, 0.05) is 12.0 Å². The zero-order valence-corrected chi connectivity index (χ0v) is 13.3. The molecule has 0 N–H and O–H groups in total. The van der Waals surface area contributed by atoms with Crippen molar-refractivity contribution in [1.82, 2.24) is 19.8 Å². The molecule has 0 atom stereocenters. The van der Waals surface area contributed by atoms with Crippen LogP contribution < -0.4 is 9.47 Å². The summed E-state index contributed by atoms with van der Waals surface area (Å²) in [4.78, 5) is 0.820. The number of hydrogen-bond acceptors (Lipinski definition) is 6. The van der Waals surface area contributed by atoms with Gasteiger partial charge in [-0.3, -0.25) is 0 Å². The molecular weight excluding hydrogens is 300 g/mol. The minimum Gasteiger partial charge on any atom is -0.486 e. The molecule has 4 rings (SSSR count). The summed E-state index contributed by atoms with van der Waals surface area (Å²) in [6.07, 6.45) is 0.867. The molecule has 1 aromatic carbocycles. The molecular formula is C15H16N4O2S. The largest absolute Gasteiger partial charge is 0.486 e. The average molecular weight is 316 g/mol. The van der Waals surface area contributed by atoms with E-state index < -0.39 is 0 Å². The van der Waals surface area contributed by atoms with E-state index in [1.165, 1.54) is 11.3 Å². The zero-order valence-electron chi connectivity index (χ0n) is 12.4. The van der Waals surface area contributed by atoms with Crippen LogP contribution >= 0.6 is 11.3 Å². The van der Waals surface area contributed by atoms with Crippen LogP contribution in [0.4, 0.5) is 0 Å². The minimum atomic E-state index is 0.520. The highest BCUT2D eigenvalue weighted by Gasteiger charge is 2.17. The first-order chi connectivity index (χ1) is 10.7. The molecule has 1 aliphatic heterocycles. The molecule has 7 heteroatoms. The lowest BCUT2D eigenvalue weighted by atomic mass is 10.1. The van der Waals surface area contributed by atoms with E-state index in [0.29, 0.717) is 19.1 Å². The summed E-state index contributed by atoms with van der Waals surface area (Å²) >= 11 is 1.53. The molecule has 0 spiro atoms. The van der Waals surface area contributed by atoms with Gasteiger partial charge in [0.05, 0.1) is 0 Å². The third-order valence-electron chi connectivity index (χ3n) is 3.44. The van der Waals surface area contributed by atoms with Crippen molar-refractivity contribution in [3.63, 3.8) is 0 Å². The van der Waals surface area contributed by atoms with Gasteiger partial charge in [0.1, 0.15) is 18.2 Å². The van der Waals surface area contributed by atoms with E-state index in [2.05, 4.69) is 29.1 Å². The van der Waals surface area contributed by atoms with E-state index in [4.69, 9.17) is 9.47 Å². The summed E-state index contributed by atoms with van der Waals surface area (Å²) < 4.78 is 13.0. The van der Waals surface area contributed by atoms with E-state index in [1.54, 1.807) is 0 Å². The van der Waals surface area contributed by atoms with E-state index in [0.717, 1.165) is 39.3 Å². The van der Waals surface area contributed by atoms with Crippen LogP contribution in [0.1, 0.15) is 19.7 Å². The summed E-state index contributed by atoms with van der Waals surface area (Å²) in [6, 6.07) is 5.91. The Balaban J connectivity index is 1.73. The Labute approximate surface area is 131 Å². The highest BCUT2D eigenvalue weighted by molar-refractivity contribution is 7.19. The van der Waals surface area contributed by atoms with Crippen molar-refractivity contribution in [1.29, 1.82) is 0 Å². The van der Waals surface area contributed by atoms with Crippen LogP contribution in [0.3, 0.4) is 0 Å². The number of rotatable bonds is 3. The molecule has 2 aromatic heterocycles. The van der Waals surface area contributed by atoms with Crippen LogP contribution in [-0.2, 0) is 6.42 Å². The molecule has 0 amide bonds. The SMILES string of the molecule is CC(C)Cc1nnc2sc(-c3ccc4c(c3)OCCO4)nn12. The van der Waals surface area contributed by atoms with Gasteiger partial charge in [-0.2, -0.15) is 9.61 Å². The summed E-state index contributed by atoms with van der Waals surface area (Å²) in [5.74, 6) is 2.99. The van der Waals surface area contributed by atoms with Crippen molar-refractivity contribution in [2.45, 2.75) is 20.3 Å². The normalized spacial score (nSPS) is 14.0. The molecule has 0 aliphatic carbocycles. The molecule has 22 heavy (non-hydrogen) atoms. The Morgan fingerprint density at radius 1 is 1.18 bits per heavy atom. The van der Waals surface area contributed by atoms with Crippen molar-refractivity contribution in [3.05, 3.63) is 24.0 Å². The van der Waals surface area contributed by atoms with Crippen molar-refractivity contribution >= 4 is 16.3 Å². The summed E-state index contributed by atoms with van der Waals surface area (Å²) in [6.45, 7) is 5.51. The highest BCUT2D eigenvalue weighted by atomic mass is 32.1. The topological polar surface area (TPSA) is 61.5 Å². The predicted molar refractivity (Wildman–Crippen MR) is 83.6 cm³/mol. The summed E-state index contributed by atoms with van der Waals surface area (Å²) in [5, 5.41) is 14.0. The highest BCUT2D eigenvalue weighted by Crippen LogP contribution is 2.35. The number of hydrogen-bond donors (Lipinski definition) is 0.